The molecule has 1 aromatic rings. The van der Waals surface area contributed by atoms with E-state index >= 15 is 0 Å². The summed E-state index contributed by atoms with van der Waals surface area (Å²) in [6, 6.07) is 0. The zero-order valence-corrected chi connectivity index (χ0v) is 15.8. The van der Waals surface area contributed by atoms with Crippen molar-refractivity contribution >= 4 is 36.3 Å². The summed E-state index contributed by atoms with van der Waals surface area (Å²) in [6.45, 7) is 3.18. The monoisotopic (exact) mass is 546 g/mol. The van der Waals surface area contributed by atoms with Crippen LogP contribution in [0.1, 0.15) is 6.92 Å². The summed E-state index contributed by atoms with van der Waals surface area (Å²) in [4.78, 5) is 0. The SMILES string of the molecule is CCn1cc[n+](C)c1.F[B-](F)(F)F.F[B-](F)(F)F.F[B-](F)(F)F.F[B-](F)(F)F.F[B-](F)(F)F. The molecule has 0 aromatic carbocycles. The molecule has 0 aliphatic heterocycles. The minimum absolute atomic E-state index is 1.06. The molecule has 0 N–H and O–H groups in total. The highest BCUT2D eigenvalue weighted by molar-refractivity contribution is 6.51. The molecule has 27 heteroatoms. The highest BCUT2D eigenvalue weighted by Gasteiger charge is 2.22. The van der Waals surface area contributed by atoms with Gasteiger partial charge in [-0.1, -0.05) is 0 Å². The fraction of sp³-hybridized carbons (Fsp3) is 0.500. The van der Waals surface area contributed by atoms with E-state index in [1.165, 1.54) is 0 Å². The van der Waals surface area contributed by atoms with Crippen molar-refractivity contribution in [3.05, 3.63) is 18.7 Å². The van der Waals surface area contributed by atoms with Gasteiger partial charge in [0, 0.05) is 0 Å². The van der Waals surface area contributed by atoms with Crippen LogP contribution in [0, 0.1) is 0 Å². The Labute approximate surface area is 172 Å². The predicted molar refractivity (Wildman–Crippen MR) is 82.2 cm³/mol. The lowest BCUT2D eigenvalue weighted by atomic mass is 10.3. The summed E-state index contributed by atoms with van der Waals surface area (Å²) >= 11 is 0. The molecule has 0 amide bonds. The van der Waals surface area contributed by atoms with Crippen LogP contribution in [0.2, 0.25) is 0 Å². The number of aromatic nitrogens is 2. The fourth-order valence-electron chi connectivity index (χ4n) is 0.689. The van der Waals surface area contributed by atoms with E-state index in [-0.39, 0.29) is 0 Å². The van der Waals surface area contributed by atoms with Crippen LogP contribution < -0.4 is 4.57 Å². The van der Waals surface area contributed by atoms with Crippen LogP contribution in [0.4, 0.5) is 86.3 Å². The molecular weight excluding hydrogens is 534 g/mol. The van der Waals surface area contributed by atoms with Crippen LogP contribution in [-0.4, -0.2) is 40.8 Å². The summed E-state index contributed by atoms with van der Waals surface area (Å²) in [5.74, 6) is 0. The minimum atomic E-state index is -6.00. The number of aryl methyl sites for hydroxylation is 2. The van der Waals surface area contributed by atoms with Gasteiger partial charge in [0.2, 0.25) is 6.33 Å². The Balaban J connectivity index is -0.0000000965. The quantitative estimate of drug-likeness (QED) is 0.208. The number of hydrogen-bond donors (Lipinski definition) is 0. The second-order valence-electron chi connectivity index (χ2n) is 4.38. The van der Waals surface area contributed by atoms with Gasteiger partial charge in [0.15, 0.2) is 0 Å². The maximum atomic E-state index is 9.75. The minimum Gasteiger partial charge on any atom is -0.418 e. The first-order valence-electron chi connectivity index (χ1n) is 7.20. The first-order chi connectivity index (χ1) is 13.8. The highest BCUT2D eigenvalue weighted by atomic mass is 19.5. The largest absolute Gasteiger partial charge is 0.673 e. The van der Waals surface area contributed by atoms with E-state index in [0.717, 1.165) is 6.54 Å². The van der Waals surface area contributed by atoms with Crippen LogP contribution in [0.25, 0.3) is 0 Å². The van der Waals surface area contributed by atoms with Crippen molar-refractivity contribution in [2.45, 2.75) is 13.5 Å². The van der Waals surface area contributed by atoms with Gasteiger partial charge < -0.3 is 86.3 Å². The van der Waals surface area contributed by atoms with Crippen LogP contribution in [0.15, 0.2) is 18.7 Å². The molecule has 0 fully saturated rings. The van der Waals surface area contributed by atoms with E-state index in [1.54, 1.807) is 0 Å². The third-order valence-corrected chi connectivity index (χ3v) is 1.19. The zero-order valence-electron chi connectivity index (χ0n) is 15.8. The Morgan fingerprint density at radius 2 is 0.697 bits per heavy atom. The first kappa shape index (κ1) is 41.4. The van der Waals surface area contributed by atoms with Crippen LogP contribution in [-0.2, 0) is 13.6 Å². The van der Waals surface area contributed by atoms with E-state index in [4.69, 9.17) is 0 Å². The maximum absolute atomic E-state index is 9.75. The van der Waals surface area contributed by atoms with Gasteiger partial charge in [-0.2, -0.15) is 0 Å². The van der Waals surface area contributed by atoms with Crippen molar-refractivity contribution in [2.75, 3.05) is 0 Å². The van der Waals surface area contributed by atoms with Gasteiger partial charge in [0.25, 0.3) is 0 Å². The van der Waals surface area contributed by atoms with Gasteiger partial charge in [-0.25, -0.2) is 9.13 Å². The average molecular weight is 545 g/mol. The molecule has 0 unspecified atom stereocenters. The second-order valence-corrected chi connectivity index (χ2v) is 4.38. The lowest BCUT2D eigenvalue weighted by molar-refractivity contribution is -0.671. The lowest BCUT2D eigenvalue weighted by Gasteiger charge is -1.94. The third-order valence-electron chi connectivity index (χ3n) is 1.19. The average Bonchev–Trinajstić information content (AvgIpc) is 2.74. The molecular formula is C6H11B5F20N2-4. The molecule has 0 radical (unpaired) electrons. The van der Waals surface area contributed by atoms with Gasteiger partial charge in [0.1, 0.15) is 12.4 Å². The smallest absolute Gasteiger partial charge is 0.418 e. The first-order valence-corrected chi connectivity index (χ1v) is 7.20. The Morgan fingerprint density at radius 1 is 0.515 bits per heavy atom. The Hall–Kier alpha value is -1.87. The molecule has 1 aromatic heterocycles. The summed E-state index contributed by atoms with van der Waals surface area (Å²) in [5.41, 5.74) is 0. The predicted octanol–water partition coefficient (Wildman–Crippen LogP) is 6.83. The third kappa shape index (κ3) is 286. The van der Waals surface area contributed by atoms with Crippen molar-refractivity contribution in [1.82, 2.24) is 4.57 Å². The number of imidazole rings is 1. The normalized spacial score (nSPS) is 11.5. The van der Waals surface area contributed by atoms with Gasteiger partial charge in [0.05, 0.1) is 13.6 Å². The van der Waals surface area contributed by atoms with Crippen LogP contribution in [0.5, 0.6) is 0 Å². The Kier molecular flexibility index (Phi) is 22.1. The van der Waals surface area contributed by atoms with Gasteiger partial charge in [-0.3, -0.25) is 0 Å². The standard InChI is InChI=1S/C6H11N2.5BF4/c1-3-8-5-4-7(2)6-8;5*2-1(3,4)5/h4-6H,3H2,1-2H3;;;;;/q+1;5*-1. The molecule has 2 nitrogen and oxygen atoms in total. The van der Waals surface area contributed by atoms with E-state index in [1.807, 2.05) is 17.8 Å². The molecule has 0 aliphatic carbocycles. The molecule has 1 heterocycles. The maximum Gasteiger partial charge on any atom is 0.673 e. The number of nitrogens with zero attached hydrogens (tertiary/aromatic N) is 2. The summed E-state index contributed by atoms with van der Waals surface area (Å²) < 4.78 is 199. The van der Waals surface area contributed by atoms with E-state index in [2.05, 4.69) is 24.0 Å². The Bertz CT molecular complexity index is 456. The van der Waals surface area contributed by atoms with E-state index in [0.29, 0.717) is 0 Å². The van der Waals surface area contributed by atoms with Crippen LogP contribution in [0.3, 0.4) is 0 Å². The van der Waals surface area contributed by atoms with E-state index in [9.17, 15) is 86.3 Å². The molecule has 1 rings (SSSR count). The van der Waals surface area contributed by atoms with Crippen molar-refractivity contribution < 1.29 is 90.9 Å². The topological polar surface area (TPSA) is 8.81 Å². The van der Waals surface area contributed by atoms with Crippen molar-refractivity contribution in [1.29, 1.82) is 0 Å². The molecule has 0 bridgehead atoms. The molecule has 204 valence electrons. The summed E-state index contributed by atoms with van der Waals surface area (Å²) in [7, 11) is -28.0. The van der Waals surface area contributed by atoms with Crippen molar-refractivity contribution in [2.24, 2.45) is 7.05 Å². The number of hydrogen-bond acceptors (Lipinski definition) is 0. The molecule has 0 spiro atoms. The fourth-order valence-corrected chi connectivity index (χ4v) is 0.689. The highest BCUT2D eigenvalue weighted by Crippen LogP contribution is 2.08. The van der Waals surface area contributed by atoms with Gasteiger partial charge >= 0.3 is 36.3 Å². The van der Waals surface area contributed by atoms with Crippen molar-refractivity contribution in [3.8, 4) is 0 Å². The lowest BCUT2D eigenvalue weighted by Crippen LogP contribution is -2.23. The second kappa shape index (κ2) is 17.6. The molecule has 0 atom stereocenters. The molecule has 33 heavy (non-hydrogen) atoms. The molecule has 0 saturated heterocycles. The summed E-state index contributed by atoms with van der Waals surface area (Å²) in [5, 5.41) is 0. The Morgan fingerprint density at radius 3 is 0.758 bits per heavy atom. The number of rotatable bonds is 1. The summed E-state index contributed by atoms with van der Waals surface area (Å²) in [6.07, 6.45) is 6.14. The van der Waals surface area contributed by atoms with Gasteiger partial charge in [-0.15, -0.1) is 0 Å². The molecule has 0 aliphatic rings. The number of halogens is 20. The van der Waals surface area contributed by atoms with Gasteiger partial charge in [-0.05, 0) is 6.92 Å². The zero-order chi connectivity index (χ0) is 28.5. The molecule has 0 saturated carbocycles. The van der Waals surface area contributed by atoms with Crippen LogP contribution >= 0.6 is 0 Å². The van der Waals surface area contributed by atoms with Crippen molar-refractivity contribution in [3.63, 3.8) is 0 Å². The van der Waals surface area contributed by atoms with E-state index < -0.39 is 36.3 Å².